The van der Waals surface area contributed by atoms with Crippen LogP contribution in [0.25, 0.3) is 11.3 Å². The molecule has 2 N–H and O–H groups in total. The second kappa shape index (κ2) is 5.05. The number of thioether (sulfide) groups is 1. The number of aromatic nitrogens is 3. The summed E-state index contributed by atoms with van der Waals surface area (Å²) in [4.78, 5) is 16.2. The van der Waals surface area contributed by atoms with Gasteiger partial charge in [-0.15, -0.1) is 11.8 Å². The number of hydrogen-bond acceptors (Lipinski definition) is 4. The van der Waals surface area contributed by atoms with Crippen LogP contribution in [0.5, 0.6) is 0 Å². The van der Waals surface area contributed by atoms with Gasteiger partial charge in [0, 0.05) is 12.1 Å². The molecule has 1 saturated carbocycles. The van der Waals surface area contributed by atoms with Crippen LogP contribution in [-0.4, -0.2) is 27.3 Å². The highest BCUT2D eigenvalue weighted by Crippen LogP contribution is 2.35. The van der Waals surface area contributed by atoms with E-state index >= 15 is 0 Å². The molecule has 1 aliphatic rings. The Morgan fingerprint density at radius 2 is 2.32 bits per heavy atom. The summed E-state index contributed by atoms with van der Waals surface area (Å²) in [5, 5.41) is 10.9. The van der Waals surface area contributed by atoms with Gasteiger partial charge in [0.1, 0.15) is 10.8 Å². The summed E-state index contributed by atoms with van der Waals surface area (Å²) in [6.07, 6.45) is 5.65. The van der Waals surface area contributed by atoms with Gasteiger partial charge in [-0.05, 0) is 31.2 Å². The fourth-order valence-electron chi connectivity index (χ4n) is 1.88. The van der Waals surface area contributed by atoms with Gasteiger partial charge in [0.25, 0.3) is 0 Å². The van der Waals surface area contributed by atoms with Crippen LogP contribution in [0.1, 0.15) is 12.8 Å². The molecule has 0 bridgehead atoms. The molecule has 1 amide bonds. The summed E-state index contributed by atoms with van der Waals surface area (Å²) < 4.78 is 0. The lowest BCUT2D eigenvalue weighted by Crippen LogP contribution is -2.14. The average molecular weight is 274 g/mol. The van der Waals surface area contributed by atoms with Gasteiger partial charge in [-0.2, -0.15) is 5.10 Å². The Morgan fingerprint density at radius 3 is 2.95 bits per heavy atom. The lowest BCUT2D eigenvalue weighted by Gasteiger charge is -2.05. The van der Waals surface area contributed by atoms with Crippen LogP contribution in [0.2, 0.25) is 0 Å². The van der Waals surface area contributed by atoms with Gasteiger partial charge in [-0.25, -0.2) is 0 Å². The summed E-state index contributed by atoms with van der Waals surface area (Å²) in [6, 6.07) is 5.70. The molecule has 5 nitrogen and oxygen atoms in total. The minimum Gasteiger partial charge on any atom is -0.310 e. The maximum absolute atomic E-state index is 11.9. The van der Waals surface area contributed by atoms with E-state index in [0.29, 0.717) is 5.82 Å². The SMILES string of the molecule is CSc1n[nH]c(NC(=O)C2CC2)c1-c1ccccn1. The van der Waals surface area contributed by atoms with E-state index in [2.05, 4.69) is 20.5 Å². The Bertz CT molecular complexity index is 592. The van der Waals surface area contributed by atoms with Crippen molar-refractivity contribution in [3.63, 3.8) is 0 Å². The molecule has 2 heterocycles. The van der Waals surface area contributed by atoms with Crippen molar-refractivity contribution in [1.29, 1.82) is 0 Å². The van der Waals surface area contributed by atoms with Gasteiger partial charge in [0.15, 0.2) is 0 Å². The van der Waals surface area contributed by atoms with Crippen LogP contribution in [0.4, 0.5) is 5.82 Å². The lowest BCUT2D eigenvalue weighted by atomic mass is 10.2. The topological polar surface area (TPSA) is 70.7 Å². The van der Waals surface area contributed by atoms with Gasteiger partial charge in [-0.3, -0.25) is 14.9 Å². The van der Waals surface area contributed by atoms with E-state index in [4.69, 9.17) is 0 Å². The van der Waals surface area contributed by atoms with E-state index in [0.717, 1.165) is 29.1 Å². The maximum Gasteiger partial charge on any atom is 0.228 e. The van der Waals surface area contributed by atoms with Crippen molar-refractivity contribution in [3.05, 3.63) is 24.4 Å². The monoisotopic (exact) mass is 274 g/mol. The molecule has 2 aromatic heterocycles. The third-order valence-corrected chi connectivity index (χ3v) is 3.73. The Morgan fingerprint density at radius 1 is 1.47 bits per heavy atom. The van der Waals surface area contributed by atoms with E-state index < -0.39 is 0 Å². The summed E-state index contributed by atoms with van der Waals surface area (Å²) >= 11 is 1.53. The highest BCUT2D eigenvalue weighted by atomic mass is 32.2. The van der Waals surface area contributed by atoms with Crippen LogP contribution in [-0.2, 0) is 4.79 Å². The van der Waals surface area contributed by atoms with Crippen LogP contribution in [0, 0.1) is 5.92 Å². The normalized spacial score (nSPS) is 14.4. The van der Waals surface area contributed by atoms with Crippen LogP contribution in [0.3, 0.4) is 0 Å². The largest absolute Gasteiger partial charge is 0.310 e. The van der Waals surface area contributed by atoms with E-state index in [9.17, 15) is 4.79 Å². The third-order valence-electron chi connectivity index (χ3n) is 3.04. The Balaban J connectivity index is 1.96. The van der Waals surface area contributed by atoms with Gasteiger partial charge >= 0.3 is 0 Å². The van der Waals surface area contributed by atoms with Crippen molar-refractivity contribution in [3.8, 4) is 11.3 Å². The third kappa shape index (κ3) is 2.49. The molecule has 0 spiro atoms. The van der Waals surface area contributed by atoms with E-state index in [1.165, 1.54) is 11.8 Å². The Labute approximate surface area is 115 Å². The molecule has 0 unspecified atom stereocenters. The van der Waals surface area contributed by atoms with Crippen molar-refractivity contribution in [1.82, 2.24) is 15.2 Å². The fraction of sp³-hybridized carbons (Fsp3) is 0.308. The number of carbonyl (C=O) groups is 1. The summed E-state index contributed by atoms with van der Waals surface area (Å²) in [5.74, 6) is 0.867. The molecule has 0 radical (unpaired) electrons. The number of hydrogen-bond donors (Lipinski definition) is 2. The minimum absolute atomic E-state index is 0.0634. The van der Waals surface area contributed by atoms with Gasteiger partial charge in [0.05, 0.1) is 11.3 Å². The number of aromatic amines is 1. The van der Waals surface area contributed by atoms with E-state index in [-0.39, 0.29) is 11.8 Å². The molecule has 6 heteroatoms. The number of nitrogens with zero attached hydrogens (tertiary/aromatic N) is 2. The van der Waals surface area contributed by atoms with Crippen molar-refractivity contribution >= 4 is 23.5 Å². The zero-order valence-corrected chi connectivity index (χ0v) is 11.3. The molecule has 19 heavy (non-hydrogen) atoms. The van der Waals surface area contributed by atoms with E-state index in [1.807, 2.05) is 24.5 Å². The number of carbonyl (C=O) groups excluding carboxylic acids is 1. The van der Waals surface area contributed by atoms with Gasteiger partial charge in [-0.1, -0.05) is 6.07 Å². The predicted molar refractivity (Wildman–Crippen MR) is 75.0 cm³/mol. The highest BCUT2D eigenvalue weighted by molar-refractivity contribution is 7.98. The Kier molecular flexibility index (Phi) is 3.25. The molecule has 0 saturated heterocycles. The second-order valence-electron chi connectivity index (χ2n) is 4.46. The number of rotatable bonds is 4. The Hall–Kier alpha value is -1.82. The number of nitrogens with one attached hydrogen (secondary N) is 2. The molecule has 2 aromatic rings. The standard InChI is InChI=1S/C13H14N4OS/c1-19-13-10(9-4-2-3-7-14-9)11(16-17-13)15-12(18)8-5-6-8/h2-4,7-8H,5-6H2,1H3,(H2,15,16,17,18). The minimum atomic E-state index is 0.0634. The zero-order valence-electron chi connectivity index (χ0n) is 10.5. The van der Waals surface area contributed by atoms with Crippen molar-refractivity contribution in [2.45, 2.75) is 17.9 Å². The fourth-order valence-corrected chi connectivity index (χ4v) is 2.43. The summed E-state index contributed by atoms with van der Waals surface area (Å²) in [6.45, 7) is 0. The van der Waals surface area contributed by atoms with Crippen LogP contribution < -0.4 is 5.32 Å². The number of amides is 1. The second-order valence-corrected chi connectivity index (χ2v) is 5.26. The van der Waals surface area contributed by atoms with Crippen molar-refractivity contribution in [2.75, 3.05) is 11.6 Å². The molecule has 0 aromatic carbocycles. The molecule has 98 valence electrons. The molecule has 1 fully saturated rings. The first-order chi connectivity index (χ1) is 9.29. The van der Waals surface area contributed by atoms with Crippen LogP contribution in [0.15, 0.2) is 29.4 Å². The average Bonchev–Trinajstić information content (AvgIpc) is 3.22. The number of anilines is 1. The number of pyridine rings is 1. The van der Waals surface area contributed by atoms with Gasteiger partial charge in [0.2, 0.25) is 5.91 Å². The molecule has 0 atom stereocenters. The molecule has 3 rings (SSSR count). The smallest absolute Gasteiger partial charge is 0.228 e. The summed E-state index contributed by atoms with van der Waals surface area (Å²) in [5.41, 5.74) is 1.67. The van der Waals surface area contributed by atoms with Crippen molar-refractivity contribution in [2.24, 2.45) is 5.92 Å². The first-order valence-corrected chi connectivity index (χ1v) is 7.36. The first kappa shape index (κ1) is 12.2. The molecule has 1 aliphatic carbocycles. The summed E-state index contributed by atoms with van der Waals surface area (Å²) in [7, 11) is 0. The number of H-pyrrole nitrogens is 1. The van der Waals surface area contributed by atoms with Gasteiger partial charge < -0.3 is 5.32 Å². The predicted octanol–water partition coefficient (Wildman–Crippen LogP) is 2.54. The molecular weight excluding hydrogens is 260 g/mol. The molecule has 0 aliphatic heterocycles. The quantitative estimate of drug-likeness (QED) is 0.841. The van der Waals surface area contributed by atoms with Crippen molar-refractivity contribution < 1.29 is 4.79 Å². The lowest BCUT2D eigenvalue weighted by molar-refractivity contribution is -0.117. The van der Waals surface area contributed by atoms with E-state index in [1.54, 1.807) is 6.20 Å². The van der Waals surface area contributed by atoms with Crippen LogP contribution >= 0.6 is 11.8 Å². The first-order valence-electron chi connectivity index (χ1n) is 6.14. The highest BCUT2D eigenvalue weighted by Gasteiger charge is 2.30. The maximum atomic E-state index is 11.9. The molecular formula is C13H14N4OS. The zero-order chi connectivity index (χ0) is 13.2.